The van der Waals surface area contributed by atoms with Gasteiger partial charge in [-0.25, -0.2) is 0 Å². The van der Waals surface area contributed by atoms with Crippen molar-refractivity contribution >= 4 is 5.69 Å². The van der Waals surface area contributed by atoms with Crippen LogP contribution in [-0.4, -0.2) is 0 Å². The average molecular weight is 197 g/mol. The molecule has 0 atom stereocenters. The lowest BCUT2D eigenvalue weighted by Gasteiger charge is -2.10. The van der Waals surface area contributed by atoms with Crippen molar-refractivity contribution in [2.45, 2.75) is 13.8 Å². The van der Waals surface area contributed by atoms with Gasteiger partial charge in [0.15, 0.2) is 0 Å². The maximum absolute atomic E-state index is 6.08. The summed E-state index contributed by atoms with van der Waals surface area (Å²) in [5, 5.41) is 0. The number of nitrogen functional groups attached to an aromatic ring is 1. The highest BCUT2D eigenvalue weighted by Gasteiger charge is 2.05. The third-order valence-electron chi connectivity index (χ3n) is 2.76. The summed E-state index contributed by atoms with van der Waals surface area (Å²) in [7, 11) is 0. The van der Waals surface area contributed by atoms with Gasteiger partial charge in [0.05, 0.1) is 0 Å². The van der Waals surface area contributed by atoms with Crippen LogP contribution in [0.3, 0.4) is 0 Å². The second-order valence-corrected chi connectivity index (χ2v) is 3.85. The average Bonchev–Trinajstić information content (AvgIpc) is 2.23. The summed E-state index contributed by atoms with van der Waals surface area (Å²) >= 11 is 0. The van der Waals surface area contributed by atoms with Crippen molar-refractivity contribution in [1.29, 1.82) is 0 Å². The van der Waals surface area contributed by atoms with Crippen molar-refractivity contribution < 1.29 is 0 Å². The predicted octanol–water partition coefficient (Wildman–Crippen LogP) is 3.55. The molecule has 0 saturated carbocycles. The molecule has 0 spiro atoms. The smallest absolute Gasteiger partial charge is 0.0423 e. The van der Waals surface area contributed by atoms with E-state index in [1.807, 2.05) is 31.2 Å². The number of hydrogen-bond acceptors (Lipinski definition) is 1. The summed E-state index contributed by atoms with van der Waals surface area (Å²) in [6.07, 6.45) is 0. The molecule has 0 unspecified atom stereocenters. The standard InChI is InChI=1S/C14H15N/c1-10-6-3-4-8-12(10)13-9-5-7-11(2)14(13)15/h3-9H,15H2,1-2H3. The van der Waals surface area contributed by atoms with E-state index in [9.17, 15) is 0 Å². The van der Waals surface area contributed by atoms with E-state index in [1.165, 1.54) is 11.1 Å². The van der Waals surface area contributed by atoms with Crippen LogP contribution < -0.4 is 5.73 Å². The first-order valence-corrected chi connectivity index (χ1v) is 5.11. The molecule has 2 aromatic carbocycles. The Balaban J connectivity index is 2.65. The van der Waals surface area contributed by atoms with E-state index in [2.05, 4.69) is 25.1 Å². The summed E-state index contributed by atoms with van der Waals surface area (Å²) in [6.45, 7) is 4.15. The van der Waals surface area contributed by atoms with Crippen molar-refractivity contribution in [2.24, 2.45) is 0 Å². The van der Waals surface area contributed by atoms with Crippen LogP contribution in [0.5, 0.6) is 0 Å². The number of benzene rings is 2. The van der Waals surface area contributed by atoms with Crippen molar-refractivity contribution in [2.75, 3.05) is 5.73 Å². The van der Waals surface area contributed by atoms with Gasteiger partial charge in [-0.3, -0.25) is 0 Å². The molecule has 0 aliphatic rings. The van der Waals surface area contributed by atoms with Crippen molar-refractivity contribution in [3.8, 4) is 11.1 Å². The Kier molecular flexibility index (Phi) is 2.46. The highest BCUT2D eigenvalue weighted by atomic mass is 14.6. The molecule has 0 heterocycles. The minimum atomic E-state index is 0.881. The first-order chi connectivity index (χ1) is 7.20. The number of aryl methyl sites for hydroxylation is 2. The fourth-order valence-corrected chi connectivity index (χ4v) is 1.79. The van der Waals surface area contributed by atoms with Gasteiger partial charge in [0.1, 0.15) is 0 Å². The minimum Gasteiger partial charge on any atom is -0.398 e. The van der Waals surface area contributed by atoms with Gasteiger partial charge in [-0.2, -0.15) is 0 Å². The normalized spacial score (nSPS) is 10.3. The zero-order valence-corrected chi connectivity index (χ0v) is 9.12. The molecule has 2 aromatic rings. The van der Waals surface area contributed by atoms with Crippen LogP contribution in [-0.2, 0) is 0 Å². The zero-order valence-electron chi connectivity index (χ0n) is 9.12. The topological polar surface area (TPSA) is 26.0 Å². The fraction of sp³-hybridized carbons (Fsp3) is 0.143. The molecule has 0 aliphatic carbocycles. The van der Waals surface area contributed by atoms with Gasteiger partial charge >= 0.3 is 0 Å². The minimum absolute atomic E-state index is 0.881. The molecule has 15 heavy (non-hydrogen) atoms. The highest BCUT2D eigenvalue weighted by molar-refractivity contribution is 5.80. The Morgan fingerprint density at radius 3 is 2.07 bits per heavy atom. The van der Waals surface area contributed by atoms with Crippen molar-refractivity contribution in [3.63, 3.8) is 0 Å². The summed E-state index contributed by atoms with van der Waals surface area (Å²) in [6, 6.07) is 14.5. The molecule has 0 radical (unpaired) electrons. The van der Waals surface area contributed by atoms with E-state index in [-0.39, 0.29) is 0 Å². The van der Waals surface area contributed by atoms with E-state index in [4.69, 9.17) is 5.73 Å². The molecule has 0 aliphatic heterocycles. The lowest BCUT2D eigenvalue weighted by molar-refractivity contribution is 1.43. The van der Waals surface area contributed by atoms with Gasteiger partial charge in [0.25, 0.3) is 0 Å². The third-order valence-corrected chi connectivity index (χ3v) is 2.76. The largest absolute Gasteiger partial charge is 0.398 e. The lowest BCUT2D eigenvalue weighted by atomic mass is 9.97. The van der Waals surface area contributed by atoms with E-state index in [0.29, 0.717) is 0 Å². The molecule has 2 rings (SSSR count). The van der Waals surface area contributed by atoms with Gasteiger partial charge in [-0.15, -0.1) is 0 Å². The quantitative estimate of drug-likeness (QED) is 0.695. The van der Waals surface area contributed by atoms with E-state index >= 15 is 0 Å². The highest BCUT2D eigenvalue weighted by Crippen LogP contribution is 2.30. The van der Waals surface area contributed by atoms with Gasteiger partial charge < -0.3 is 5.73 Å². The Hall–Kier alpha value is -1.76. The molecular formula is C14H15N. The first-order valence-electron chi connectivity index (χ1n) is 5.11. The molecule has 1 nitrogen and oxygen atoms in total. The Morgan fingerprint density at radius 1 is 0.733 bits per heavy atom. The van der Waals surface area contributed by atoms with Crippen LogP contribution >= 0.6 is 0 Å². The number of rotatable bonds is 1. The van der Waals surface area contributed by atoms with Crippen LogP contribution in [0.1, 0.15) is 11.1 Å². The summed E-state index contributed by atoms with van der Waals surface area (Å²) in [5.74, 6) is 0. The van der Waals surface area contributed by atoms with Gasteiger partial charge in [0, 0.05) is 11.3 Å². The lowest BCUT2D eigenvalue weighted by Crippen LogP contribution is -1.94. The van der Waals surface area contributed by atoms with Crippen LogP contribution in [0.25, 0.3) is 11.1 Å². The Morgan fingerprint density at radius 2 is 1.33 bits per heavy atom. The van der Waals surface area contributed by atoms with Gasteiger partial charge in [-0.1, -0.05) is 42.5 Å². The Labute approximate surface area is 90.6 Å². The molecule has 1 heteroatoms. The molecule has 0 aromatic heterocycles. The van der Waals surface area contributed by atoms with Crippen LogP contribution in [0, 0.1) is 13.8 Å². The van der Waals surface area contributed by atoms with Crippen molar-refractivity contribution in [1.82, 2.24) is 0 Å². The number of hydrogen-bond donors (Lipinski definition) is 1. The van der Waals surface area contributed by atoms with Crippen molar-refractivity contribution in [3.05, 3.63) is 53.6 Å². The summed E-state index contributed by atoms with van der Waals surface area (Å²) in [5.41, 5.74) is 11.7. The molecule has 0 amide bonds. The monoisotopic (exact) mass is 197 g/mol. The van der Waals surface area contributed by atoms with E-state index in [1.54, 1.807) is 0 Å². The molecular weight excluding hydrogens is 182 g/mol. The maximum atomic E-state index is 6.08. The second-order valence-electron chi connectivity index (χ2n) is 3.85. The zero-order chi connectivity index (χ0) is 10.8. The first kappa shape index (κ1) is 9.78. The van der Waals surface area contributed by atoms with Gasteiger partial charge in [-0.05, 0) is 30.5 Å². The SMILES string of the molecule is Cc1ccccc1-c1cccc(C)c1N. The fourth-order valence-electron chi connectivity index (χ4n) is 1.79. The van der Waals surface area contributed by atoms with Crippen LogP contribution in [0.15, 0.2) is 42.5 Å². The number of para-hydroxylation sites is 1. The van der Waals surface area contributed by atoms with E-state index in [0.717, 1.165) is 16.8 Å². The molecule has 0 bridgehead atoms. The molecule has 0 saturated heterocycles. The molecule has 2 N–H and O–H groups in total. The Bertz CT molecular complexity index is 486. The maximum Gasteiger partial charge on any atom is 0.0423 e. The molecule has 76 valence electrons. The summed E-state index contributed by atoms with van der Waals surface area (Å²) < 4.78 is 0. The third kappa shape index (κ3) is 1.73. The number of anilines is 1. The van der Waals surface area contributed by atoms with Crippen LogP contribution in [0.4, 0.5) is 5.69 Å². The predicted molar refractivity (Wildman–Crippen MR) is 65.8 cm³/mol. The molecule has 0 fully saturated rings. The second kappa shape index (κ2) is 3.77. The van der Waals surface area contributed by atoms with E-state index < -0.39 is 0 Å². The number of nitrogens with two attached hydrogens (primary N) is 1. The summed E-state index contributed by atoms with van der Waals surface area (Å²) in [4.78, 5) is 0. The van der Waals surface area contributed by atoms with Gasteiger partial charge in [0.2, 0.25) is 0 Å². The van der Waals surface area contributed by atoms with Crippen LogP contribution in [0.2, 0.25) is 0 Å².